The van der Waals surface area contributed by atoms with Crippen LogP contribution in [0.3, 0.4) is 0 Å². The van der Waals surface area contributed by atoms with Crippen LogP contribution in [0.15, 0.2) is 12.4 Å². The molecule has 166 valence electrons. The Morgan fingerprint density at radius 2 is 2.00 bits per heavy atom. The number of rotatable bonds is 3. The van der Waals surface area contributed by atoms with Gasteiger partial charge in [0.25, 0.3) is 0 Å². The number of aromatic nitrogens is 2. The minimum atomic E-state index is -1.12. The van der Waals surface area contributed by atoms with Crippen molar-refractivity contribution in [2.24, 2.45) is 35.0 Å². The number of carbonyl (C=O) groups is 1. The number of aliphatic hydroxyl groups is 1. The van der Waals surface area contributed by atoms with Crippen LogP contribution < -0.4 is 0 Å². The smallest absolute Gasteiger partial charge is 0.157 e. The molecule has 4 fully saturated rings. The second-order valence-corrected chi connectivity index (χ2v) is 11.7. The molecular weight excluding hydrogens is 403 g/mol. The van der Waals surface area contributed by atoms with Crippen LogP contribution in [0.5, 0.6) is 0 Å². The van der Waals surface area contributed by atoms with E-state index in [0.717, 1.165) is 38.5 Å². The van der Waals surface area contributed by atoms with E-state index in [2.05, 4.69) is 12.0 Å². The largest absolute Gasteiger partial charge is 0.390 e. The molecule has 1 aromatic heterocycles. The summed E-state index contributed by atoms with van der Waals surface area (Å²) in [5.74, 6) is 1.19. The van der Waals surface area contributed by atoms with Crippen LogP contribution in [-0.4, -0.2) is 31.9 Å². The van der Waals surface area contributed by atoms with Crippen molar-refractivity contribution < 1.29 is 14.3 Å². The van der Waals surface area contributed by atoms with Gasteiger partial charge in [0, 0.05) is 12.1 Å². The number of nitrogens with zero attached hydrogens (tertiary/aromatic N) is 2. The average Bonchev–Trinajstić information content (AvgIpc) is 3.24. The van der Waals surface area contributed by atoms with E-state index in [1.165, 1.54) is 0 Å². The molecule has 1 heterocycles. The van der Waals surface area contributed by atoms with Crippen molar-refractivity contribution in [1.82, 2.24) is 9.78 Å². The summed E-state index contributed by atoms with van der Waals surface area (Å²) in [4.78, 5) is 13.2. The van der Waals surface area contributed by atoms with Gasteiger partial charge >= 0.3 is 0 Å². The lowest BCUT2D eigenvalue weighted by atomic mass is 9.48. The highest BCUT2D eigenvalue weighted by Gasteiger charge is 2.63. The summed E-state index contributed by atoms with van der Waals surface area (Å²) in [7, 11) is 0. The zero-order chi connectivity index (χ0) is 21.3. The molecule has 30 heavy (non-hydrogen) atoms. The predicted molar refractivity (Wildman–Crippen MR) is 114 cm³/mol. The zero-order valence-corrected chi connectivity index (χ0v) is 18.9. The quantitative estimate of drug-likeness (QED) is 0.706. The van der Waals surface area contributed by atoms with Crippen molar-refractivity contribution in [3.05, 3.63) is 17.4 Å². The summed E-state index contributed by atoms with van der Waals surface area (Å²) in [6, 6.07) is 0. The van der Waals surface area contributed by atoms with Gasteiger partial charge in [-0.05, 0) is 93.8 Å². The molecule has 0 aliphatic heterocycles. The van der Waals surface area contributed by atoms with E-state index in [4.69, 9.17) is 11.6 Å². The first kappa shape index (κ1) is 20.9. The molecular formula is C24H34ClFN2O2. The van der Waals surface area contributed by atoms with E-state index < -0.39 is 11.3 Å². The molecule has 4 aliphatic carbocycles. The Bertz CT molecular complexity index is 841. The van der Waals surface area contributed by atoms with Crippen molar-refractivity contribution in [2.75, 3.05) is 0 Å². The third kappa shape index (κ3) is 3.18. The van der Waals surface area contributed by atoms with E-state index in [9.17, 15) is 9.90 Å². The summed E-state index contributed by atoms with van der Waals surface area (Å²) in [5, 5.41) is 15.2. The second-order valence-electron chi connectivity index (χ2n) is 11.3. The third-order valence-corrected chi connectivity index (χ3v) is 9.82. The number of hydrogen-bond acceptors (Lipinski definition) is 3. The standard InChI is InChI=1S/C24H34ClFN2O2/c1-22(30)9-10-24(26)15(11-22)3-4-17-18-5-6-20(23(18,2)8-7-19(17)24)21(29)14-28-13-16(25)12-27-28/h12-13,15,17-20,30H,3-11,14H2,1-2H3/t15-,17+,18+,19?,20-,22-,23+,24-/m1/s1. The van der Waals surface area contributed by atoms with E-state index in [1.54, 1.807) is 17.1 Å². The molecule has 0 spiro atoms. The third-order valence-electron chi connectivity index (χ3n) is 9.62. The van der Waals surface area contributed by atoms with Gasteiger partial charge in [0.1, 0.15) is 5.67 Å². The first-order valence-electron chi connectivity index (χ1n) is 11.7. The molecule has 0 radical (unpaired) electrons. The maximum absolute atomic E-state index is 16.4. The van der Waals surface area contributed by atoms with Gasteiger partial charge in [-0.3, -0.25) is 9.48 Å². The number of carbonyl (C=O) groups excluding carboxylic acids is 1. The van der Waals surface area contributed by atoms with Crippen LogP contribution in [0.2, 0.25) is 5.02 Å². The second kappa shape index (κ2) is 7.03. The van der Waals surface area contributed by atoms with Crippen LogP contribution in [0, 0.1) is 35.0 Å². The summed E-state index contributed by atoms with van der Waals surface area (Å²) in [5.41, 5.74) is -1.87. The molecule has 0 bridgehead atoms. The summed E-state index contributed by atoms with van der Waals surface area (Å²) >= 11 is 5.96. The summed E-state index contributed by atoms with van der Waals surface area (Å²) in [6.45, 7) is 4.44. The van der Waals surface area contributed by atoms with Gasteiger partial charge in [0.2, 0.25) is 0 Å². The molecule has 6 heteroatoms. The van der Waals surface area contributed by atoms with Crippen LogP contribution in [0.1, 0.15) is 71.6 Å². The van der Waals surface area contributed by atoms with Crippen molar-refractivity contribution >= 4 is 17.4 Å². The Balaban J connectivity index is 1.34. The molecule has 5 rings (SSSR count). The maximum atomic E-state index is 16.4. The number of Topliss-reactive ketones (excluding diaryl/α,β-unsaturated/α-hetero) is 1. The van der Waals surface area contributed by atoms with Crippen LogP contribution in [0.4, 0.5) is 4.39 Å². The van der Waals surface area contributed by atoms with Crippen molar-refractivity contribution in [1.29, 1.82) is 0 Å². The predicted octanol–water partition coefficient (Wildman–Crippen LogP) is 5.22. The number of fused-ring (bicyclic) bond motifs is 5. The molecule has 0 aromatic carbocycles. The lowest BCUT2D eigenvalue weighted by Crippen LogP contribution is -2.58. The molecule has 1 N–H and O–H groups in total. The minimum Gasteiger partial charge on any atom is -0.390 e. The van der Waals surface area contributed by atoms with Gasteiger partial charge in [-0.15, -0.1) is 0 Å². The summed E-state index contributed by atoms with van der Waals surface area (Å²) < 4.78 is 18.1. The Morgan fingerprint density at radius 3 is 2.73 bits per heavy atom. The Kier molecular flexibility index (Phi) is 4.91. The van der Waals surface area contributed by atoms with E-state index in [0.29, 0.717) is 36.1 Å². The van der Waals surface area contributed by atoms with Crippen molar-refractivity contribution in [2.45, 2.75) is 89.4 Å². The molecule has 0 saturated heterocycles. The van der Waals surface area contributed by atoms with Crippen molar-refractivity contribution in [3.8, 4) is 0 Å². The fourth-order valence-corrected chi connectivity index (χ4v) is 8.36. The summed E-state index contributed by atoms with van der Waals surface area (Å²) in [6.07, 6.45) is 10.6. The molecule has 4 nitrogen and oxygen atoms in total. The molecule has 1 aromatic rings. The highest BCUT2D eigenvalue weighted by atomic mass is 35.5. The highest BCUT2D eigenvalue weighted by molar-refractivity contribution is 6.30. The first-order valence-corrected chi connectivity index (χ1v) is 12.1. The number of halogens is 2. The molecule has 8 atom stereocenters. The molecule has 4 saturated carbocycles. The van der Waals surface area contributed by atoms with Gasteiger partial charge in [0.05, 0.1) is 23.4 Å². The van der Waals surface area contributed by atoms with Gasteiger partial charge < -0.3 is 5.11 Å². The monoisotopic (exact) mass is 436 g/mol. The number of ketones is 1. The Morgan fingerprint density at radius 1 is 1.20 bits per heavy atom. The topological polar surface area (TPSA) is 55.1 Å². The number of hydrogen-bond donors (Lipinski definition) is 1. The van der Waals surface area contributed by atoms with E-state index in [1.807, 2.05) is 6.92 Å². The minimum absolute atomic E-state index is 0.00440. The molecule has 1 unspecified atom stereocenters. The average molecular weight is 437 g/mol. The van der Waals surface area contributed by atoms with Crippen LogP contribution >= 0.6 is 11.6 Å². The van der Waals surface area contributed by atoms with Gasteiger partial charge in [0.15, 0.2) is 5.78 Å². The SMILES string of the molecule is C[C@@]1(O)CC[C@]2(F)C3CC[C@]4(C)[C@@H](C(=O)Cn5cc(Cl)cn5)CC[C@H]4[C@@H]3CC[C@@H]2C1. The Labute approximate surface area is 183 Å². The normalized spacial score (nSPS) is 48.0. The van der Waals surface area contributed by atoms with Gasteiger partial charge in [-0.2, -0.15) is 5.10 Å². The molecule has 4 aliphatic rings. The first-order chi connectivity index (χ1) is 14.1. The maximum Gasteiger partial charge on any atom is 0.157 e. The lowest BCUT2D eigenvalue weighted by molar-refractivity contribution is -0.166. The molecule has 0 amide bonds. The highest BCUT2D eigenvalue weighted by Crippen LogP contribution is 2.66. The Hall–Kier alpha value is -0.940. The van der Waals surface area contributed by atoms with Gasteiger partial charge in [-0.25, -0.2) is 4.39 Å². The van der Waals surface area contributed by atoms with Crippen LogP contribution in [-0.2, 0) is 11.3 Å². The lowest BCUT2D eigenvalue weighted by Gasteiger charge is -2.59. The van der Waals surface area contributed by atoms with Gasteiger partial charge in [-0.1, -0.05) is 18.5 Å². The fourth-order valence-electron chi connectivity index (χ4n) is 8.20. The van der Waals surface area contributed by atoms with E-state index in [-0.39, 0.29) is 35.5 Å². The van der Waals surface area contributed by atoms with E-state index >= 15 is 4.39 Å². The number of alkyl halides is 1. The zero-order valence-electron chi connectivity index (χ0n) is 18.1. The van der Waals surface area contributed by atoms with Crippen molar-refractivity contribution in [3.63, 3.8) is 0 Å². The fraction of sp³-hybridized carbons (Fsp3) is 0.833. The van der Waals surface area contributed by atoms with Crippen LogP contribution in [0.25, 0.3) is 0 Å².